The highest BCUT2D eigenvalue weighted by atomic mass is 16.2. The zero-order valence-electron chi connectivity index (χ0n) is 21.8. The molecule has 1 atom stereocenters. The lowest BCUT2D eigenvalue weighted by Gasteiger charge is -2.37. The molecule has 1 unspecified atom stereocenters. The number of rotatable bonds is 6. The van der Waals surface area contributed by atoms with Crippen LogP contribution in [0.25, 0.3) is 0 Å². The molecule has 1 saturated heterocycles. The van der Waals surface area contributed by atoms with E-state index in [-0.39, 0.29) is 23.9 Å². The molecule has 4 rings (SSSR count). The van der Waals surface area contributed by atoms with Crippen molar-refractivity contribution in [1.29, 1.82) is 0 Å². The largest absolute Gasteiger partial charge is 0.356 e. The zero-order chi connectivity index (χ0) is 25.1. The summed E-state index contributed by atoms with van der Waals surface area (Å²) in [6.07, 6.45) is 5.31. The number of aryl methyl sites for hydroxylation is 3. The van der Waals surface area contributed by atoms with E-state index in [9.17, 15) is 9.59 Å². The fourth-order valence-electron chi connectivity index (χ4n) is 5.42. The summed E-state index contributed by atoms with van der Waals surface area (Å²) < 4.78 is 0. The summed E-state index contributed by atoms with van der Waals surface area (Å²) in [5.74, 6) is 2.24. The number of benzene rings is 1. The first-order valence-electron chi connectivity index (χ1n) is 13.0. The van der Waals surface area contributed by atoms with Crippen LogP contribution in [0.4, 0.5) is 5.82 Å². The molecule has 2 aliphatic rings. The smallest absolute Gasteiger partial charge is 0.253 e. The molecule has 2 aromatic rings. The monoisotopic (exact) mass is 477 g/mol. The Kier molecular flexibility index (Phi) is 7.72. The first-order chi connectivity index (χ1) is 16.7. The predicted molar refractivity (Wildman–Crippen MR) is 139 cm³/mol. The highest BCUT2D eigenvalue weighted by Gasteiger charge is 2.28. The summed E-state index contributed by atoms with van der Waals surface area (Å²) in [6.45, 7) is 9.77. The summed E-state index contributed by atoms with van der Waals surface area (Å²) >= 11 is 0. The van der Waals surface area contributed by atoms with E-state index in [2.05, 4.69) is 40.1 Å². The van der Waals surface area contributed by atoms with Gasteiger partial charge in [-0.15, -0.1) is 0 Å². The quantitative estimate of drug-likeness (QED) is 0.668. The maximum absolute atomic E-state index is 13.4. The van der Waals surface area contributed by atoms with Gasteiger partial charge in [0, 0.05) is 49.9 Å². The van der Waals surface area contributed by atoms with Crippen molar-refractivity contribution in [3.63, 3.8) is 0 Å². The molecular weight excluding hydrogens is 438 g/mol. The molecule has 1 N–H and O–H groups in total. The molecule has 1 fully saturated rings. The second-order valence-electron chi connectivity index (χ2n) is 10.6. The van der Waals surface area contributed by atoms with Gasteiger partial charge in [0.05, 0.1) is 6.04 Å². The molecule has 0 bridgehead atoms. The van der Waals surface area contributed by atoms with Crippen LogP contribution >= 0.6 is 0 Å². The third-order valence-corrected chi connectivity index (χ3v) is 7.25. The molecule has 35 heavy (non-hydrogen) atoms. The van der Waals surface area contributed by atoms with Gasteiger partial charge < -0.3 is 15.1 Å². The number of aromatic nitrogens is 2. The Balaban J connectivity index is 1.42. The van der Waals surface area contributed by atoms with E-state index >= 15 is 0 Å². The minimum atomic E-state index is -0.00827. The number of fused-ring (bicyclic) bond motifs is 1. The maximum Gasteiger partial charge on any atom is 0.253 e. The number of amides is 2. The third kappa shape index (κ3) is 6.00. The number of carbonyl (C=O) groups excluding carboxylic acids is 2. The van der Waals surface area contributed by atoms with Crippen molar-refractivity contribution in [3.8, 4) is 0 Å². The predicted octanol–water partition coefficient (Wildman–Crippen LogP) is 4.37. The molecule has 7 nitrogen and oxygen atoms in total. The molecule has 0 saturated carbocycles. The van der Waals surface area contributed by atoms with E-state index in [0.717, 1.165) is 68.1 Å². The Morgan fingerprint density at radius 1 is 1.11 bits per heavy atom. The molecule has 1 aliphatic heterocycles. The maximum atomic E-state index is 13.4. The molecule has 7 heteroatoms. The Hall–Kier alpha value is -2.96. The number of carbonyl (C=O) groups is 2. The first kappa shape index (κ1) is 25.1. The van der Waals surface area contributed by atoms with Crippen molar-refractivity contribution < 1.29 is 9.59 Å². The Morgan fingerprint density at radius 3 is 2.54 bits per heavy atom. The second kappa shape index (κ2) is 10.8. The van der Waals surface area contributed by atoms with Crippen LogP contribution in [0, 0.1) is 19.8 Å². The van der Waals surface area contributed by atoms with Gasteiger partial charge in [0.25, 0.3) is 5.91 Å². The van der Waals surface area contributed by atoms with Crippen molar-refractivity contribution >= 4 is 17.6 Å². The molecule has 188 valence electrons. The van der Waals surface area contributed by atoms with Gasteiger partial charge in [-0.25, -0.2) is 9.97 Å². The minimum absolute atomic E-state index is 0.00827. The number of hydrogen-bond acceptors (Lipinski definition) is 5. The van der Waals surface area contributed by atoms with Crippen molar-refractivity contribution in [1.82, 2.24) is 20.2 Å². The summed E-state index contributed by atoms with van der Waals surface area (Å²) in [5, 5.41) is 3.21. The fraction of sp³-hybridized carbons (Fsp3) is 0.571. The van der Waals surface area contributed by atoms with E-state index in [1.54, 1.807) is 0 Å². The van der Waals surface area contributed by atoms with Crippen LogP contribution in [0.15, 0.2) is 24.3 Å². The Bertz CT molecular complexity index is 1050. The standard InChI is InChI=1S/C28H39N5O2/c1-18(2)15-27(34)31-25-8-6-7-21-9-10-22(17-24(21)25)28(35)32(5)23-11-13-33(14-12-23)26-16-19(3)29-20(4)30-26/h9-10,16-18,23,25H,6-8,11-15H2,1-5H3,(H,31,34). The minimum Gasteiger partial charge on any atom is -0.356 e. The molecule has 2 amide bonds. The Labute approximate surface area is 209 Å². The second-order valence-corrected chi connectivity index (χ2v) is 10.6. The van der Waals surface area contributed by atoms with Gasteiger partial charge in [-0.3, -0.25) is 9.59 Å². The summed E-state index contributed by atoms with van der Waals surface area (Å²) in [4.78, 5) is 39.1. The lowest BCUT2D eigenvalue weighted by atomic mass is 9.86. The highest BCUT2D eigenvalue weighted by molar-refractivity contribution is 5.94. The molecule has 1 aliphatic carbocycles. The summed E-state index contributed by atoms with van der Waals surface area (Å²) in [6, 6.07) is 8.28. The van der Waals surface area contributed by atoms with Crippen LogP contribution in [0.3, 0.4) is 0 Å². The van der Waals surface area contributed by atoms with Crippen LogP contribution in [-0.4, -0.2) is 52.9 Å². The zero-order valence-corrected chi connectivity index (χ0v) is 21.8. The molecule has 1 aromatic carbocycles. The molecule has 0 radical (unpaired) electrons. The van der Waals surface area contributed by atoms with Crippen molar-refractivity contribution in [2.24, 2.45) is 5.92 Å². The fourth-order valence-corrected chi connectivity index (χ4v) is 5.42. The summed E-state index contributed by atoms with van der Waals surface area (Å²) in [5.41, 5.74) is 4.04. The molecule has 2 heterocycles. The number of anilines is 1. The average molecular weight is 478 g/mol. The van der Waals surface area contributed by atoms with Gasteiger partial charge in [-0.1, -0.05) is 19.9 Å². The Morgan fingerprint density at radius 2 is 1.86 bits per heavy atom. The van der Waals surface area contributed by atoms with Crippen molar-refractivity contribution in [2.75, 3.05) is 25.0 Å². The van der Waals surface area contributed by atoms with Crippen molar-refractivity contribution in [3.05, 3.63) is 52.5 Å². The van der Waals surface area contributed by atoms with Crippen LogP contribution in [0.2, 0.25) is 0 Å². The number of piperidine rings is 1. The van der Waals surface area contributed by atoms with Gasteiger partial charge >= 0.3 is 0 Å². The number of hydrogen-bond donors (Lipinski definition) is 1. The molecular formula is C28H39N5O2. The van der Waals surface area contributed by atoms with Gasteiger partial charge in [-0.05, 0) is 75.1 Å². The normalized spacial score (nSPS) is 18.3. The number of nitrogens with zero attached hydrogens (tertiary/aromatic N) is 4. The van der Waals surface area contributed by atoms with E-state index < -0.39 is 0 Å². The molecule has 0 spiro atoms. The van der Waals surface area contributed by atoms with Gasteiger partial charge in [0.2, 0.25) is 5.91 Å². The van der Waals surface area contributed by atoms with Gasteiger partial charge in [-0.2, -0.15) is 0 Å². The average Bonchev–Trinajstić information content (AvgIpc) is 2.82. The van der Waals surface area contributed by atoms with E-state index in [4.69, 9.17) is 0 Å². The summed E-state index contributed by atoms with van der Waals surface area (Å²) in [7, 11) is 1.92. The van der Waals surface area contributed by atoms with Crippen LogP contribution in [-0.2, 0) is 11.2 Å². The lowest BCUT2D eigenvalue weighted by Crippen LogP contribution is -2.46. The van der Waals surface area contributed by atoms with Gasteiger partial charge in [0.15, 0.2) is 0 Å². The first-order valence-corrected chi connectivity index (χ1v) is 13.0. The van der Waals surface area contributed by atoms with Crippen LogP contribution in [0.1, 0.15) is 85.0 Å². The van der Waals surface area contributed by atoms with Crippen LogP contribution in [0.5, 0.6) is 0 Å². The van der Waals surface area contributed by atoms with E-state index in [0.29, 0.717) is 17.9 Å². The van der Waals surface area contributed by atoms with Crippen LogP contribution < -0.4 is 10.2 Å². The number of nitrogens with one attached hydrogen (secondary N) is 1. The topological polar surface area (TPSA) is 78.4 Å². The van der Waals surface area contributed by atoms with E-state index in [1.807, 2.05) is 44.0 Å². The van der Waals surface area contributed by atoms with Crippen molar-refractivity contribution in [2.45, 2.75) is 78.3 Å². The van der Waals surface area contributed by atoms with Gasteiger partial charge in [0.1, 0.15) is 11.6 Å². The van der Waals surface area contributed by atoms with E-state index in [1.165, 1.54) is 5.56 Å². The SMILES string of the molecule is Cc1cc(N2CCC(N(C)C(=O)c3ccc4c(c3)C(NC(=O)CC(C)C)CCC4)CC2)nc(C)n1. The third-order valence-electron chi connectivity index (χ3n) is 7.25. The molecule has 1 aromatic heterocycles. The lowest BCUT2D eigenvalue weighted by molar-refractivity contribution is -0.122. The highest BCUT2D eigenvalue weighted by Crippen LogP contribution is 2.31.